The average molecular weight is 667 g/mol. The maximum Gasteiger partial charge on any atom is 0.342 e. The highest BCUT2D eigenvalue weighted by atomic mass is 16.5. The first-order valence-corrected chi connectivity index (χ1v) is 16.2. The van der Waals surface area contributed by atoms with Gasteiger partial charge in [0.2, 0.25) is 5.43 Å². The number of benzene rings is 4. The predicted octanol–water partition coefficient (Wildman–Crippen LogP) is 7.48. The van der Waals surface area contributed by atoms with Crippen molar-refractivity contribution in [2.45, 2.75) is 39.5 Å². The third kappa shape index (κ3) is 7.52. The van der Waals surface area contributed by atoms with Crippen LogP contribution < -0.4 is 5.43 Å². The van der Waals surface area contributed by atoms with Gasteiger partial charge in [0.1, 0.15) is 30.2 Å². The van der Waals surface area contributed by atoms with Crippen molar-refractivity contribution in [1.29, 1.82) is 0 Å². The minimum atomic E-state index is -1.01. The summed E-state index contributed by atoms with van der Waals surface area (Å²) < 4.78 is 13.0. The fourth-order valence-electron chi connectivity index (χ4n) is 5.73. The van der Waals surface area contributed by atoms with Crippen LogP contribution >= 0.6 is 0 Å². The van der Waals surface area contributed by atoms with E-state index in [0.29, 0.717) is 35.4 Å². The Morgan fingerprint density at radius 2 is 1.24 bits per heavy atom. The van der Waals surface area contributed by atoms with Crippen molar-refractivity contribution in [1.82, 2.24) is 9.55 Å². The van der Waals surface area contributed by atoms with E-state index in [1.54, 1.807) is 48.5 Å². The minimum absolute atomic E-state index is 0.0584. The number of fused-ring (bicyclic) bond motifs is 1. The largest absolute Gasteiger partial charge is 0.478 e. The zero-order valence-corrected chi connectivity index (χ0v) is 27.4. The standard InChI is InChI=1S/C41H34N2O7/c1-2-11-37-42-35-22-33(40(47)49-25-28-12-5-3-6-13-28)38(44)34(41(48)50-26-29-14-7-4-8-15-29)23-36(35)43(37)24-27-18-20-30(21-19-27)31-16-9-10-17-32(31)39(45)46/h3-10,12-23H,2,11,24-26H2,1H3,(H,45,46). The van der Waals surface area contributed by atoms with Crippen LogP contribution in [-0.4, -0.2) is 32.6 Å². The molecule has 5 aromatic carbocycles. The quantitative estimate of drug-likeness (QED) is 0.133. The Kier molecular flexibility index (Phi) is 10.2. The summed E-state index contributed by atoms with van der Waals surface area (Å²) in [4.78, 5) is 57.6. The van der Waals surface area contributed by atoms with Crippen LogP contribution in [0.3, 0.4) is 0 Å². The van der Waals surface area contributed by atoms with Gasteiger partial charge in [-0.25, -0.2) is 19.4 Å². The normalized spacial score (nSPS) is 10.9. The van der Waals surface area contributed by atoms with Crippen molar-refractivity contribution < 1.29 is 29.0 Å². The van der Waals surface area contributed by atoms with E-state index in [1.165, 1.54) is 12.1 Å². The summed E-state index contributed by atoms with van der Waals surface area (Å²) in [6.07, 6.45) is 1.36. The molecule has 9 heteroatoms. The smallest absolute Gasteiger partial charge is 0.342 e. The number of ether oxygens (including phenoxy) is 2. The first kappa shape index (κ1) is 33.5. The third-order valence-electron chi connectivity index (χ3n) is 8.27. The second-order valence-corrected chi connectivity index (χ2v) is 11.8. The van der Waals surface area contributed by atoms with Crippen molar-refractivity contribution in [3.8, 4) is 11.1 Å². The highest BCUT2D eigenvalue weighted by Gasteiger charge is 2.23. The van der Waals surface area contributed by atoms with Crippen LogP contribution in [0.15, 0.2) is 126 Å². The summed E-state index contributed by atoms with van der Waals surface area (Å²) in [5.41, 5.74) is 3.30. The molecule has 6 rings (SSSR count). The van der Waals surface area contributed by atoms with Gasteiger partial charge in [-0.3, -0.25) is 4.79 Å². The van der Waals surface area contributed by atoms with Crippen LogP contribution in [0.2, 0.25) is 0 Å². The number of carboxylic acids is 1. The molecule has 250 valence electrons. The number of aromatic carboxylic acids is 1. The first-order chi connectivity index (χ1) is 24.3. The number of rotatable bonds is 12. The van der Waals surface area contributed by atoms with Crippen molar-refractivity contribution >= 4 is 28.9 Å². The Bertz CT molecular complexity index is 2230. The average Bonchev–Trinajstić information content (AvgIpc) is 3.37. The molecule has 0 unspecified atom stereocenters. The fourth-order valence-corrected chi connectivity index (χ4v) is 5.73. The molecule has 0 aliphatic rings. The lowest BCUT2D eigenvalue weighted by atomic mass is 9.99. The Labute approximate surface area is 288 Å². The van der Waals surface area contributed by atoms with Crippen LogP contribution in [0.4, 0.5) is 0 Å². The van der Waals surface area contributed by atoms with E-state index in [1.807, 2.05) is 72.2 Å². The molecule has 50 heavy (non-hydrogen) atoms. The molecule has 0 bridgehead atoms. The Hall–Kier alpha value is -6.35. The highest BCUT2D eigenvalue weighted by Crippen LogP contribution is 2.26. The summed E-state index contributed by atoms with van der Waals surface area (Å²) in [5, 5.41) is 9.67. The van der Waals surface area contributed by atoms with E-state index in [4.69, 9.17) is 14.5 Å². The molecule has 0 saturated heterocycles. The van der Waals surface area contributed by atoms with Crippen LogP contribution in [0.5, 0.6) is 0 Å². The zero-order valence-electron chi connectivity index (χ0n) is 27.4. The molecule has 0 spiro atoms. The minimum Gasteiger partial charge on any atom is -0.478 e. The number of carboxylic acid groups (broad SMARTS) is 1. The maximum absolute atomic E-state index is 13.9. The number of aryl methyl sites for hydroxylation is 1. The van der Waals surface area contributed by atoms with Gasteiger partial charge in [0, 0.05) is 13.0 Å². The molecule has 1 aromatic heterocycles. The summed E-state index contributed by atoms with van der Waals surface area (Å²) >= 11 is 0. The lowest BCUT2D eigenvalue weighted by Crippen LogP contribution is -2.22. The van der Waals surface area contributed by atoms with Gasteiger partial charge < -0.3 is 19.1 Å². The molecule has 1 heterocycles. The van der Waals surface area contributed by atoms with Gasteiger partial charge in [0.25, 0.3) is 0 Å². The third-order valence-corrected chi connectivity index (χ3v) is 8.27. The van der Waals surface area contributed by atoms with Gasteiger partial charge in [-0.15, -0.1) is 0 Å². The van der Waals surface area contributed by atoms with Crippen molar-refractivity contribution in [3.05, 3.63) is 171 Å². The van der Waals surface area contributed by atoms with Crippen molar-refractivity contribution in [2.24, 2.45) is 0 Å². The summed E-state index contributed by atoms with van der Waals surface area (Å²) in [7, 11) is 0. The van der Waals surface area contributed by atoms with Gasteiger partial charge in [-0.05, 0) is 52.4 Å². The van der Waals surface area contributed by atoms with E-state index in [-0.39, 0.29) is 29.9 Å². The molecule has 0 atom stereocenters. The molecule has 0 aliphatic heterocycles. The van der Waals surface area contributed by atoms with E-state index in [2.05, 4.69) is 0 Å². The predicted molar refractivity (Wildman–Crippen MR) is 189 cm³/mol. The Morgan fingerprint density at radius 3 is 1.82 bits per heavy atom. The number of carbonyl (C=O) groups is 3. The molecule has 6 aromatic rings. The molecule has 0 fully saturated rings. The summed E-state index contributed by atoms with van der Waals surface area (Å²) in [6, 6.07) is 35.4. The monoisotopic (exact) mass is 666 g/mol. The van der Waals surface area contributed by atoms with E-state index in [0.717, 1.165) is 28.7 Å². The Balaban J connectivity index is 1.41. The second-order valence-electron chi connectivity index (χ2n) is 11.8. The topological polar surface area (TPSA) is 125 Å². The molecule has 1 N–H and O–H groups in total. The SMILES string of the molecule is CCCc1nc2cc(C(=O)OCc3ccccc3)c(=O)c(C(=O)OCc3ccccc3)cc2n1Cc1ccc(-c2ccccc2C(=O)O)cc1. The molecule has 0 radical (unpaired) electrons. The highest BCUT2D eigenvalue weighted by molar-refractivity contribution is 5.99. The lowest BCUT2D eigenvalue weighted by molar-refractivity contribution is 0.0467. The van der Waals surface area contributed by atoms with E-state index < -0.39 is 23.3 Å². The lowest BCUT2D eigenvalue weighted by Gasteiger charge is -2.11. The van der Waals surface area contributed by atoms with E-state index in [9.17, 15) is 24.3 Å². The van der Waals surface area contributed by atoms with Crippen molar-refractivity contribution in [2.75, 3.05) is 0 Å². The second kappa shape index (κ2) is 15.3. The molecule has 0 amide bonds. The van der Waals surface area contributed by atoms with Gasteiger partial charge >= 0.3 is 17.9 Å². The molecular formula is C41H34N2O7. The number of carbonyl (C=O) groups excluding carboxylic acids is 2. The molecule has 0 saturated carbocycles. The van der Waals surface area contributed by atoms with Gasteiger partial charge in [0.15, 0.2) is 0 Å². The maximum atomic E-state index is 13.9. The number of hydrogen-bond acceptors (Lipinski definition) is 7. The van der Waals surface area contributed by atoms with Crippen LogP contribution in [0.1, 0.15) is 66.9 Å². The van der Waals surface area contributed by atoms with Crippen LogP contribution in [0, 0.1) is 0 Å². The number of hydrogen-bond donors (Lipinski definition) is 1. The van der Waals surface area contributed by atoms with E-state index >= 15 is 0 Å². The molecule has 0 aliphatic carbocycles. The molecule has 9 nitrogen and oxygen atoms in total. The number of imidazole rings is 1. The summed E-state index contributed by atoms with van der Waals surface area (Å²) in [5.74, 6) is -2.06. The number of aromatic nitrogens is 2. The van der Waals surface area contributed by atoms with Crippen LogP contribution in [-0.2, 0) is 35.7 Å². The number of nitrogens with zero attached hydrogens (tertiary/aromatic N) is 2. The van der Waals surface area contributed by atoms with Gasteiger partial charge in [-0.2, -0.15) is 0 Å². The van der Waals surface area contributed by atoms with Crippen molar-refractivity contribution in [3.63, 3.8) is 0 Å². The summed E-state index contributed by atoms with van der Waals surface area (Å²) in [6.45, 7) is 2.23. The van der Waals surface area contributed by atoms with Gasteiger partial charge in [-0.1, -0.05) is 110 Å². The zero-order chi connectivity index (χ0) is 35.0. The Morgan fingerprint density at radius 1 is 0.680 bits per heavy atom. The fraction of sp³-hybridized carbons (Fsp3) is 0.146. The number of esters is 2. The van der Waals surface area contributed by atoms with Gasteiger partial charge in [0.05, 0.1) is 16.6 Å². The molecular weight excluding hydrogens is 632 g/mol. The first-order valence-electron chi connectivity index (χ1n) is 16.2. The van der Waals surface area contributed by atoms with Crippen LogP contribution in [0.25, 0.3) is 22.2 Å².